The molecule has 0 unspecified atom stereocenters. The summed E-state index contributed by atoms with van der Waals surface area (Å²) in [5.74, 6) is 0.581. The monoisotopic (exact) mass is 319 g/mol. The van der Waals surface area contributed by atoms with Gasteiger partial charge in [0.2, 0.25) is 15.9 Å². The molecule has 1 aliphatic rings. The maximum absolute atomic E-state index is 12.3. The Morgan fingerprint density at radius 3 is 2.24 bits per heavy atom. The van der Waals surface area contributed by atoms with Crippen molar-refractivity contribution in [2.45, 2.75) is 26.2 Å². The molecule has 1 amide bonds. The lowest BCUT2D eigenvalue weighted by atomic mass is 9.99. The molecule has 1 heterocycles. The Kier molecular flexibility index (Phi) is 7.09. The van der Waals surface area contributed by atoms with Gasteiger partial charge in [-0.2, -0.15) is 4.31 Å². The van der Waals surface area contributed by atoms with Crippen LogP contribution in [0.3, 0.4) is 0 Å². The zero-order valence-corrected chi connectivity index (χ0v) is 14.5. The Balaban J connectivity index is 2.54. The minimum Gasteiger partial charge on any atom is -0.342 e. The Hall–Kier alpha value is -0.660. The van der Waals surface area contributed by atoms with Crippen LogP contribution in [0.15, 0.2) is 0 Å². The van der Waals surface area contributed by atoms with Crippen LogP contribution in [0.25, 0.3) is 0 Å². The van der Waals surface area contributed by atoms with Crippen molar-refractivity contribution in [3.8, 4) is 0 Å². The lowest BCUT2D eigenvalue weighted by Crippen LogP contribution is -2.45. The van der Waals surface area contributed by atoms with E-state index in [1.807, 2.05) is 19.0 Å². The highest BCUT2D eigenvalue weighted by Gasteiger charge is 2.25. The van der Waals surface area contributed by atoms with Crippen LogP contribution in [-0.2, 0) is 14.8 Å². The van der Waals surface area contributed by atoms with Gasteiger partial charge in [-0.3, -0.25) is 4.79 Å². The number of hydrogen-bond donors (Lipinski definition) is 0. The van der Waals surface area contributed by atoms with E-state index in [1.165, 1.54) is 10.6 Å². The fraction of sp³-hybridized carbons (Fsp3) is 0.929. The molecule has 0 saturated carbocycles. The molecule has 0 radical (unpaired) electrons. The molecule has 7 heteroatoms. The van der Waals surface area contributed by atoms with E-state index in [-0.39, 0.29) is 12.5 Å². The molecule has 0 atom stereocenters. The summed E-state index contributed by atoms with van der Waals surface area (Å²) in [6, 6.07) is 0. The highest BCUT2D eigenvalue weighted by Crippen LogP contribution is 2.16. The summed E-state index contributed by atoms with van der Waals surface area (Å²) in [6.07, 6.45) is 3.91. The average molecular weight is 319 g/mol. The molecule has 6 nitrogen and oxygen atoms in total. The number of sulfonamides is 1. The number of likely N-dealkylation sites (tertiary alicyclic amines) is 1. The Morgan fingerprint density at radius 2 is 1.76 bits per heavy atom. The molecule has 0 N–H and O–H groups in total. The number of nitrogens with zero attached hydrogens (tertiary/aromatic N) is 3. The van der Waals surface area contributed by atoms with Gasteiger partial charge in [-0.1, -0.05) is 6.92 Å². The molecule has 0 aliphatic carbocycles. The van der Waals surface area contributed by atoms with E-state index in [2.05, 4.69) is 6.92 Å². The number of carbonyl (C=O) groups excluding carboxylic acids is 1. The van der Waals surface area contributed by atoms with Crippen molar-refractivity contribution in [1.29, 1.82) is 0 Å². The number of amides is 1. The van der Waals surface area contributed by atoms with Crippen LogP contribution in [-0.4, -0.2) is 81.5 Å². The third-order valence-corrected chi connectivity index (χ3v) is 5.18. The van der Waals surface area contributed by atoms with Gasteiger partial charge in [-0.25, -0.2) is 8.42 Å². The van der Waals surface area contributed by atoms with E-state index in [0.717, 1.165) is 38.9 Å². The first-order valence-electron chi connectivity index (χ1n) is 7.57. The molecule has 0 aromatic carbocycles. The average Bonchev–Trinajstić information content (AvgIpc) is 2.36. The van der Waals surface area contributed by atoms with Gasteiger partial charge < -0.3 is 9.80 Å². The normalized spacial score (nSPS) is 17.7. The summed E-state index contributed by atoms with van der Waals surface area (Å²) >= 11 is 0. The minimum absolute atomic E-state index is 0.0271. The van der Waals surface area contributed by atoms with Crippen molar-refractivity contribution in [2.75, 3.05) is 53.1 Å². The molecule has 0 bridgehead atoms. The van der Waals surface area contributed by atoms with Crippen LogP contribution >= 0.6 is 0 Å². The number of rotatable bonds is 7. The molecule has 1 aliphatic heterocycles. The van der Waals surface area contributed by atoms with E-state index in [9.17, 15) is 13.2 Å². The Bertz CT molecular complexity index is 429. The summed E-state index contributed by atoms with van der Waals surface area (Å²) in [6.45, 7) is 4.85. The van der Waals surface area contributed by atoms with Crippen LogP contribution in [0, 0.1) is 5.92 Å². The Labute approximate surface area is 129 Å². The zero-order valence-electron chi connectivity index (χ0n) is 13.7. The molecule has 1 saturated heterocycles. The first kappa shape index (κ1) is 18.4. The van der Waals surface area contributed by atoms with Crippen LogP contribution < -0.4 is 0 Å². The van der Waals surface area contributed by atoms with Gasteiger partial charge in [-0.15, -0.1) is 0 Å². The van der Waals surface area contributed by atoms with E-state index in [4.69, 9.17) is 0 Å². The van der Waals surface area contributed by atoms with Crippen LogP contribution in [0.4, 0.5) is 0 Å². The van der Waals surface area contributed by atoms with Gasteiger partial charge in [0.1, 0.15) is 0 Å². The fourth-order valence-electron chi connectivity index (χ4n) is 2.43. The van der Waals surface area contributed by atoms with Crippen LogP contribution in [0.2, 0.25) is 0 Å². The summed E-state index contributed by atoms with van der Waals surface area (Å²) in [4.78, 5) is 16.1. The van der Waals surface area contributed by atoms with Crippen molar-refractivity contribution < 1.29 is 13.2 Å². The van der Waals surface area contributed by atoms with Crippen molar-refractivity contribution in [3.05, 3.63) is 0 Å². The second kappa shape index (κ2) is 8.10. The van der Waals surface area contributed by atoms with Crippen LogP contribution in [0.5, 0.6) is 0 Å². The summed E-state index contributed by atoms with van der Waals surface area (Å²) in [5, 5.41) is 0. The summed E-state index contributed by atoms with van der Waals surface area (Å²) < 4.78 is 24.9. The molecule has 0 aromatic heterocycles. The second-order valence-corrected chi connectivity index (χ2v) is 8.30. The van der Waals surface area contributed by atoms with Gasteiger partial charge in [0, 0.05) is 19.6 Å². The standard InChI is InChI=1S/C14H29N3O3S/c1-13-6-10-16(11-7-13)14(18)12-17(21(4,19)20)9-5-8-15(2)3/h13H,5-12H2,1-4H3. The number of carbonyl (C=O) groups is 1. The molecule has 21 heavy (non-hydrogen) atoms. The predicted octanol–water partition coefficient (Wildman–Crippen LogP) is 0.458. The maximum Gasteiger partial charge on any atom is 0.237 e. The van der Waals surface area contributed by atoms with E-state index in [0.29, 0.717) is 12.5 Å². The summed E-state index contributed by atoms with van der Waals surface area (Å²) in [7, 11) is 0.558. The fourth-order valence-corrected chi connectivity index (χ4v) is 3.24. The van der Waals surface area contributed by atoms with Gasteiger partial charge in [-0.05, 0) is 45.8 Å². The molecule has 1 rings (SSSR count). The van der Waals surface area contributed by atoms with Crippen molar-refractivity contribution in [2.24, 2.45) is 5.92 Å². The van der Waals surface area contributed by atoms with E-state index in [1.54, 1.807) is 4.90 Å². The number of piperidine rings is 1. The van der Waals surface area contributed by atoms with E-state index < -0.39 is 10.0 Å². The van der Waals surface area contributed by atoms with Gasteiger partial charge >= 0.3 is 0 Å². The first-order chi connectivity index (χ1) is 9.70. The molecular formula is C14H29N3O3S. The predicted molar refractivity (Wildman–Crippen MR) is 84.6 cm³/mol. The van der Waals surface area contributed by atoms with Gasteiger partial charge in [0.25, 0.3) is 0 Å². The highest BCUT2D eigenvalue weighted by molar-refractivity contribution is 7.88. The van der Waals surface area contributed by atoms with Crippen molar-refractivity contribution in [1.82, 2.24) is 14.1 Å². The summed E-state index contributed by atoms with van der Waals surface area (Å²) in [5.41, 5.74) is 0. The van der Waals surface area contributed by atoms with Gasteiger partial charge in [0.15, 0.2) is 0 Å². The highest BCUT2D eigenvalue weighted by atomic mass is 32.2. The quantitative estimate of drug-likeness (QED) is 0.684. The lowest BCUT2D eigenvalue weighted by Gasteiger charge is -2.32. The SMILES string of the molecule is CC1CCN(C(=O)CN(CCCN(C)C)S(C)(=O)=O)CC1. The Morgan fingerprint density at radius 1 is 1.19 bits per heavy atom. The van der Waals surface area contributed by atoms with Crippen molar-refractivity contribution in [3.63, 3.8) is 0 Å². The molecule has 0 spiro atoms. The first-order valence-corrected chi connectivity index (χ1v) is 9.42. The minimum atomic E-state index is -3.34. The molecule has 124 valence electrons. The second-order valence-electron chi connectivity index (χ2n) is 6.32. The third kappa shape index (κ3) is 6.76. The third-order valence-electron chi connectivity index (χ3n) is 3.93. The molecule has 0 aromatic rings. The van der Waals surface area contributed by atoms with E-state index >= 15 is 0 Å². The largest absolute Gasteiger partial charge is 0.342 e. The maximum atomic E-state index is 12.3. The lowest BCUT2D eigenvalue weighted by molar-refractivity contribution is -0.132. The van der Waals surface area contributed by atoms with Crippen LogP contribution in [0.1, 0.15) is 26.2 Å². The van der Waals surface area contributed by atoms with Crippen molar-refractivity contribution >= 4 is 15.9 Å². The zero-order chi connectivity index (χ0) is 16.0. The molecular weight excluding hydrogens is 290 g/mol. The van der Waals surface area contributed by atoms with Gasteiger partial charge in [0.05, 0.1) is 12.8 Å². The number of hydrogen-bond acceptors (Lipinski definition) is 4. The molecule has 1 fully saturated rings. The smallest absolute Gasteiger partial charge is 0.237 e. The topological polar surface area (TPSA) is 60.9 Å².